The van der Waals surface area contributed by atoms with Gasteiger partial charge >= 0.3 is 5.97 Å². The minimum Gasteiger partial charge on any atom is -0.432 e. The van der Waals surface area contributed by atoms with Crippen molar-refractivity contribution in [2.75, 3.05) is 26.4 Å². The fourth-order valence-corrected chi connectivity index (χ4v) is 17.3. The molecule has 5 saturated heterocycles. The fourth-order valence-electron chi connectivity index (χ4n) is 17.3. The summed E-state index contributed by atoms with van der Waals surface area (Å²) in [6.45, 7) is 15.6. The molecule has 14 N–H and O–H groups in total. The average Bonchev–Trinajstić information content (AvgIpc) is 3.63. The number of hydrogen-bond acceptors (Lipinski definition) is 25. The number of ether oxygens (including phenoxy) is 10. The van der Waals surface area contributed by atoms with Crippen molar-refractivity contribution >= 4 is 5.97 Å². The number of allylic oxidation sites excluding steroid dienone is 2. The predicted molar refractivity (Wildman–Crippen MR) is 282 cm³/mol. The molecule has 476 valence electrons. The molecule has 0 aromatic rings. The van der Waals surface area contributed by atoms with E-state index >= 15 is 4.79 Å². The molecule has 0 aromatic carbocycles. The van der Waals surface area contributed by atoms with E-state index in [2.05, 4.69) is 54.5 Å². The summed E-state index contributed by atoms with van der Waals surface area (Å²) in [7, 11) is 0. The van der Waals surface area contributed by atoms with Gasteiger partial charge < -0.3 is 119 Å². The standard InChI is InChI=1S/C58H94O25/c1-24-34(62)45(81-48-41(69)35(63)27(60)21-74-48)44(72)50(77-24)82-46-36(64)28(61)22-75-51(46)80-33-12-13-55(6)31(54(33,4)5)11-14-57(8)32(55)10-9-25-26-19-53(2,3)15-17-58(26,18-16-56(25,57)7)52(73)83-49-43(71)40(68)38(66)30(79-49)23-76-47-42(70)39(67)37(65)29(20-59)78-47/h9,24,26-51,59-72H,10-23H2,1-8H3/t24?,26?,27?,28?,29?,30?,31?,32?,33?,34?,35?,36?,37?,38?,39?,40?,41?,42?,43?,44?,45?,46?,47?,48?,49?,50?,51?,55?,56-,57?,58?/m1/s1. The van der Waals surface area contributed by atoms with Gasteiger partial charge in [-0.25, -0.2) is 0 Å². The van der Waals surface area contributed by atoms with Crippen LogP contribution in [0.4, 0.5) is 0 Å². The zero-order valence-electron chi connectivity index (χ0n) is 48.8. The van der Waals surface area contributed by atoms with Crippen molar-refractivity contribution in [2.45, 2.75) is 267 Å². The molecule has 30 unspecified atom stereocenters. The molecule has 31 atom stereocenters. The van der Waals surface area contributed by atoms with Crippen LogP contribution in [0, 0.1) is 50.2 Å². The zero-order valence-corrected chi connectivity index (χ0v) is 48.8. The molecule has 5 aliphatic carbocycles. The average molecular weight is 1190 g/mol. The molecule has 10 aliphatic rings. The van der Waals surface area contributed by atoms with Gasteiger partial charge in [-0.05, 0) is 116 Å². The first-order valence-electron chi connectivity index (χ1n) is 30.0. The lowest BCUT2D eigenvalue weighted by Gasteiger charge is -2.71. The maximum atomic E-state index is 15.1. The molecule has 0 amide bonds. The van der Waals surface area contributed by atoms with Crippen LogP contribution in [-0.2, 0) is 52.2 Å². The quantitative estimate of drug-likeness (QED) is 0.0576. The van der Waals surface area contributed by atoms with Gasteiger partial charge in [-0.1, -0.05) is 60.1 Å². The van der Waals surface area contributed by atoms with Crippen LogP contribution in [0.3, 0.4) is 0 Å². The number of aliphatic hydroxyl groups is 14. The van der Waals surface area contributed by atoms with Crippen molar-refractivity contribution in [3.05, 3.63) is 11.6 Å². The monoisotopic (exact) mass is 1190 g/mol. The van der Waals surface area contributed by atoms with E-state index in [1.165, 1.54) is 12.5 Å². The molecule has 5 heterocycles. The van der Waals surface area contributed by atoms with Gasteiger partial charge in [0.2, 0.25) is 6.29 Å². The number of rotatable bonds is 12. The van der Waals surface area contributed by atoms with Gasteiger partial charge in [0, 0.05) is 0 Å². The van der Waals surface area contributed by atoms with Gasteiger partial charge in [0.1, 0.15) is 104 Å². The van der Waals surface area contributed by atoms with Crippen LogP contribution in [0.5, 0.6) is 0 Å². The Morgan fingerprint density at radius 2 is 1.17 bits per heavy atom. The Labute approximate surface area is 483 Å². The lowest BCUT2D eigenvalue weighted by atomic mass is 9.33. The van der Waals surface area contributed by atoms with Crippen molar-refractivity contribution in [3.8, 4) is 0 Å². The Bertz CT molecular complexity index is 2310. The lowest BCUT2D eigenvalue weighted by Crippen LogP contribution is -2.66. The van der Waals surface area contributed by atoms with Crippen LogP contribution in [0.15, 0.2) is 11.6 Å². The van der Waals surface area contributed by atoms with Crippen LogP contribution >= 0.6 is 0 Å². The minimum absolute atomic E-state index is 0.137. The van der Waals surface area contributed by atoms with Crippen molar-refractivity contribution < 1.29 is 124 Å². The number of esters is 1. The smallest absolute Gasteiger partial charge is 0.315 e. The molecule has 5 aliphatic heterocycles. The van der Waals surface area contributed by atoms with Crippen LogP contribution in [0.2, 0.25) is 0 Å². The fraction of sp³-hybridized carbons (Fsp3) is 0.948. The summed E-state index contributed by atoms with van der Waals surface area (Å²) < 4.78 is 59.6. The third kappa shape index (κ3) is 10.9. The highest BCUT2D eigenvalue weighted by atomic mass is 16.8. The Morgan fingerprint density at radius 3 is 1.86 bits per heavy atom. The molecular weight excluding hydrogens is 1100 g/mol. The maximum Gasteiger partial charge on any atom is 0.315 e. The molecule has 9 fully saturated rings. The summed E-state index contributed by atoms with van der Waals surface area (Å²) >= 11 is 0. The van der Waals surface area contributed by atoms with E-state index in [-0.39, 0.29) is 52.6 Å². The van der Waals surface area contributed by atoms with Crippen molar-refractivity contribution in [1.29, 1.82) is 0 Å². The highest BCUT2D eigenvalue weighted by Gasteiger charge is 2.70. The van der Waals surface area contributed by atoms with E-state index in [9.17, 15) is 71.5 Å². The molecule has 83 heavy (non-hydrogen) atoms. The van der Waals surface area contributed by atoms with E-state index in [1.807, 2.05) is 0 Å². The second-order valence-corrected chi connectivity index (χ2v) is 28.2. The normalized spacial score (nSPS) is 54.2. The third-order valence-electron chi connectivity index (χ3n) is 22.7. The number of hydrogen-bond donors (Lipinski definition) is 14. The van der Waals surface area contributed by atoms with Gasteiger partial charge in [-0.2, -0.15) is 0 Å². The first-order chi connectivity index (χ1) is 38.8. The van der Waals surface area contributed by atoms with Gasteiger partial charge in [-0.15, -0.1) is 0 Å². The Morgan fingerprint density at radius 1 is 0.566 bits per heavy atom. The molecule has 0 spiro atoms. The maximum absolute atomic E-state index is 15.1. The minimum atomic E-state index is -1.84. The molecule has 0 radical (unpaired) electrons. The molecule has 0 bridgehead atoms. The third-order valence-corrected chi connectivity index (χ3v) is 22.7. The van der Waals surface area contributed by atoms with Gasteiger partial charge in [-0.3, -0.25) is 4.79 Å². The predicted octanol–water partition coefficient (Wildman–Crippen LogP) is -1.91. The van der Waals surface area contributed by atoms with Crippen LogP contribution < -0.4 is 0 Å². The first-order valence-corrected chi connectivity index (χ1v) is 30.0. The van der Waals surface area contributed by atoms with E-state index in [4.69, 9.17) is 47.4 Å². The highest BCUT2D eigenvalue weighted by Crippen LogP contribution is 2.76. The Balaban J connectivity index is 0.840. The Hall–Kier alpha value is -1.71. The summed E-state index contributed by atoms with van der Waals surface area (Å²) in [4.78, 5) is 15.1. The van der Waals surface area contributed by atoms with Gasteiger partial charge in [0.05, 0.1) is 44.1 Å². The second-order valence-electron chi connectivity index (χ2n) is 28.2. The van der Waals surface area contributed by atoms with Crippen LogP contribution in [0.1, 0.15) is 120 Å². The Kier molecular flexibility index (Phi) is 18.3. The van der Waals surface area contributed by atoms with Crippen molar-refractivity contribution in [3.63, 3.8) is 0 Å². The number of fused-ring (bicyclic) bond motifs is 7. The summed E-state index contributed by atoms with van der Waals surface area (Å²) in [6.07, 6.45) is -26.8. The molecule has 10 rings (SSSR count). The first kappa shape index (κ1) is 64.3. The summed E-state index contributed by atoms with van der Waals surface area (Å²) in [5.74, 6) is -0.468. The van der Waals surface area contributed by atoms with E-state index in [0.29, 0.717) is 32.1 Å². The second kappa shape index (κ2) is 23.6. The summed E-state index contributed by atoms with van der Waals surface area (Å²) in [5, 5.41) is 150. The summed E-state index contributed by atoms with van der Waals surface area (Å²) in [6, 6.07) is 0. The lowest BCUT2D eigenvalue weighted by molar-refractivity contribution is -0.378. The number of carbonyl (C=O) groups excluding carboxylic acids is 1. The molecule has 25 nitrogen and oxygen atoms in total. The molecule has 4 saturated carbocycles. The number of carbonyl (C=O) groups is 1. The van der Waals surface area contributed by atoms with Gasteiger partial charge in [0.25, 0.3) is 0 Å². The van der Waals surface area contributed by atoms with Crippen LogP contribution in [0.25, 0.3) is 0 Å². The molecule has 0 aromatic heterocycles. The van der Waals surface area contributed by atoms with E-state index in [0.717, 1.165) is 32.1 Å². The van der Waals surface area contributed by atoms with Crippen molar-refractivity contribution in [2.24, 2.45) is 50.2 Å². The zero-order chi connectivity index (χ0) is 60.4. The SMILES string of the molecule is CC1OC(OC2C(OC3CCC4(C)C(CCC5(C)C4CC=C4C6CC(C)(C)CCC6(C(=O)OC6OC(COC7OC(CO)C(O)C(O)C7O)C(O)C(O)C6O)CC[C@]45C)C3(C)C)OCC(O)C2O)C(O)C(OC2OCC(O)C(O)C2O)C1O. The largest absolute Gasteiger partial charge is 0.432 e. The topological polar surface area (TPSA) is 393 Å². The highest BCUT2D eigenvalue weighted by molar-refractivity contribution is 5.79. The van der Waals surface area contributed by atoms with Gasteiger partial charge in [0.15, 0.2) is 25.2 Å². The summed E-state index contributed by atoms with van der Waals surface area (Å²) in [5.41, 5.74) is -1.17. The van der Waals surface area contributed by atoms with Crippen LogP contribution in [-0.4, -0.2) is 251 Å². The number of aliphatic hydroxyl groups excluding tert-OH is 14. The van der Waals surface area contributed by atoms with E-state index in [1.54, 1.807) is 0 Å². The van der Waals surface area contributed by atoms with E-state index < -0.39 is 177 Å². The molecular formula is C58H94O25. The molecule has 25 heteroatoms. The van der Waals surface area contributed by atoms with Crippen molar-refractivity contribution in [1.82, 2.24) is 0 Å².